The summed E-state index contributed by atoms with van der Waals surface area (Å²) in [5, 5.41) is 0. The van der Waals surface area contributed by atoms with Crippen LogP contribution in [0.5, 0.6) is 0 Å². The molecule has 1 heterocycles. The predicted molar refractivity (Wildman–Crippen MR) is 51.6 cm³/mol. The summed E-state index contributed by atoms with van der Waals surface area (Å²) >= 11 is 0. The molecule has 1 aliphatic carbocycles. The first kappa shape index (κ1) is 8.17. The van der Waals surface area contributed by atoms with Crippen LogP contribution in [0.2, 0.25) is 0 Å². The minimum absolute atomic E-state index is 0.0294. The number of carbonyl (C=O) groups is 1. The summed E-state index contributed by atoms with van der Waals surface area (Å²) in [5.41, 5.74) is 2.76. The molecule has 0 saturated carbocycles. The molecule has 2 heteroatoms. The van der Waals surface area contributed by atoms with Gasteiger partial charge in [-0.05, 0) is 30.5 Å². The lowest BCUT2D eigenvalue weighted by Crippen LogP contribution is -2.03. The van der Waals surface area contributed by atoms with E-state index in [1.54, 1.807) is 13.0 Å². The molecule has 1 aromatic rings. The third kappa shape index (κ3) is 1.52. The molecule has 0 aromatic carbocycles. The number of rotatable bonds is 1. The topological polar surface area (TPSA) is 30.0 Å². The zero-order chi connectivity index (χ0) is 9.26. The van der Waals surface area contributed by atoms with Crippen molar-refractivity contribution in [2.75, 3.05) is 0 Å². The highest BCUT2D eigenvalue weighted by atomic mass is 16.1. The molecule has 0 unspecified atom stereocenters. The van der Waals surface area contributed by atoms with Gasteiger partial charge in [0.25, 0.3) is 0 Å². The Hall–Kier alpha value is -1.44. The third-order valence-electron chi connectivity index (χ3n) is 2.23. The first-order chi connectivity index (χ1) is 6.27. The quantitative estimate of drug-likeness (QED) is 0.609. The molecule has 0 fully saturated rings. The molecule has 0 amide bonds. The number of aryl methyl sites for hydroxylation is 1. The molecule has 13 heavy (non-hydrogen) atoms. The fraction of sp³-hybridized carbons (Fsp3) is 0.273. The maximum atomic E-state index is 11.0. The van der Waals surface area contributed by atoms with E-state index in [2.05, 4.69) is 11.1 Å². The van der Waals surface area contributed by atoms with Gasteiger partial charge in [0, 0.05) is 6.92 Å². The second kappa shape index (κ2) is 3.13. The van der Waals surface area contributed by atoms with Crippen LogP contribution in [0.15, 0.2) is 18.2 Å². The Balaban J connectivity index is 2.48. The van der Waals surface area contributed by atoms with Crippen LogP contribution in [-0.4, -0.2) is 10.8 Å². The number of hydrogen-bond acceptors (Lipinski definition) is 2. The van der Waals surface area contributed by atoms with Crippen molar-refractivity contribution in [1.29, 1.82) is 0 Å². The smallest absolute Gasteiger partial charge is 0.178 e. The molecule has 0 aliphatic heterocycles. The van der Waals surface area contributed by atoms with Crippen LogP contribution in [0.25, 0.3) is 6.08 Å². The van der Waals surface area contributed by atoms with E-state index in [-0.39, 0.29) is 5.78 Å². The summed E-state index contributed by atoms with van der Waals surface area (Å²) in [7, 11) is 0. The second-order valence-electron chi connectivity index (χ2n) is 3.24. The van der Waals surface area contributed by atoms with Crippen molar-refractivity contribution in [2.24, 2.45) is 0 Å². The molecule has 2 nitrogen and oxygen atoms in total. The van der Waals surface area contributed by atoms with Gasteiger partial charge in [0.15, 0.2) is 5.78 Å². The van der Waals surface area contributed by atoms with Gasteiger partial charge in [0.2, 0.25) is 0 Å². The Morgan fingerprint density at radius 2 is 2.31 bits per heavy atom. The predicted octanol–water partition coefficient (Wildman–Crippen LogP) is 2.24. The van der Waals surface area contributed by atoms with Gasteiger partial charge in [-0.3, -0.25) is 4.79 Å². The molecule has 0 atom stereocenters. The molecule has 0 spiro atoms. The lowest BCUT2D eigenvalue weighted by Gasteiger charge is -2.09. The number of fused-ring (bicyclic) bond motifs is 1. The summed E-state index contributed by atoms with van der Waals surface area (Å²) in [6.07, 6.45) is 6.20. The van der Waals surface area contributed by atoms with Gasteiger partial charge in [0.05, 0.1) is 5.69 Å². The minimum atomic E-state index is 0.0294. The second-order valence-corrected chi connectivity index (χ2v) is 3.24. The molecule has 2 rings (SSSR count). The van der Waals surface area contributed by atoms with Gasteiger partial charge >= 0.3 is 0 Å². The zero-order valence-electron chi connectivity index (χ0n) is 7.58. The van der Waals surface area contributed by atoms with Crippen molar-refractivity contribution < 1.29 is 4.79 Å². The van der Waals surface area contributed by atoms with E-state index < -0.39 is 0 Å². The van der Waals surface area contributed by atoms with Crippen LogP contribution < -0.4 is 0 Å². The molecule has 0 saturated heterocycles. The third-order valence-corrected chi connectivity index (χ3v) is 2.23. The van der Waals surface area contributed by atoms with Crippen molar-refractivity contribution in [2.45, 2.75) is 19.8 Å². The van der Waals surface area contributed by atoms with Crippen LogP contribution in [0.4, 0.5) is 0 Å². The summed E-state index contributed by atoms with van der Waals surface area (Å²) in [4.78, 5) is 15.3. The van der Waals surface area contributed by atoms with Crippen LogP contribution in [0, 0.1) is 0 Å². The fourth-order valence-corrected chi connectivity index (χ4v) is 1.49. The normalized spacial score (nSPS) is 13.9. The highest BCUT2D eigenvalue weighted by Crippen LogP contribution is 2.17. The Morgan fingerprint density at radius 3 is 3.08 bits per heavy atom. The number of nitrogens with zero attached hydrogens (tertiary/aromatic N) is 1. The van der Waals surface area contributed by atoms with Gasteiger partial charge in [-0.1, -0.05) is 12.1 Å². The largest absolute Gasteiger partial charge is 0.293 e. The number of allylic oxidation sites excluding steroid dienone is 1. The van der Waals surface area contributed by atoms with Crippen LogP contribution in [0.1, 0.15) is 35.1 Å². The summed E-state index contributed by atoms with van der Waals surface area (Å²) in [6.45, 7) is 1.54. The molecular weight excluding hydrogens is 162 g/mol. The van der Waals surface area contributed by atoms with E-state index in [0.717, 1.165) is 18.5 Å². The summed E-state index contributed by atoms with van der Waals surface area (Å²) in [6, 6.07) is 3.81. The molecule has 66 valence electrons. The Labute approximate surface area is 77.3 Å². The number of pyridine rings is 1. The van der Waals surface area contributed by atoms with Crippen molar-refractivity contribution in [1.82, 2.24) is 4.98 Å². The van der Waals surface area contributed by atoms with Crippen molar-refractivity contribution in [3.63, 3.8) is 0 Å². The average molecular weight is 173 g/mol. The SMILES string of the molecule is CC(=O)c1ccc2c(n1)C=CCC2. The van der Waals surface area contributed by atoms with Gasteiger partial charge in [0.1, 0.15) is 5.69 Å². The zero-order valence-corrected chi connectivity index (χ0v) is 7.58. The average Bonchev–Trinajstić information content (AvgIpc) is 2.17. The summed E-state index contributed by atoms with van der Waals surface area (Å²) in [5.74, 6) is 0.0294. The summed E-state index contributed by atoms with van der Waals surface area (Å²) < 4.78 is 0. The Morgan fingerprint density at radius 1 is 1.46 bits per heavy atom. The monoisotopic (exact) mass is 173 g/mol. The molecular formula is C11H11NO. The minimum Gasteiger partial charge on any atom is -0.293 e. The van der Waals surface area contributed by atoms with E-state index in [0.29, 0.717) is 5.69 Å². The van der Waals surface area contributed by atoms with Gasteiger partial charge in [-0.25, -0.2) is 4.98 Å². The van der Waals surface area contributed by atoms with E-state index in [9.17, 15) is 4.79 Å². The molecule has 1 aromatic heterocycles. The number of aromatic nitrogens is 1. The first-order valence-electron chi connectivity index (χ1n) is 4.45. The van der Waals surface area contributed by atoms with Gasteiger partial charge in [-0.15, -0.1) is 0 Å². The molecule has 0 bridgehead atoms. The molecule has 0 N–H and O–H groups in total. The Kier molecular flexibility index (Phi) is 1.97. The maximum Gasteiger partial charge on any atom is 0.178 e. The van der Waals surface area contributed by atoms with E-state index in [1.165, 1.54) is 5.56 Å². The lowest BCUT2D eigenvalue weighted by atomic mass is 10.0. The standard InChI is InChI=1S/C11H11NO/c1-8(13)10-7-6-9-4-2-3-5-11(9)12-10/h3,5-7H,2,4H2,1H3. The molecule has 1 aliphatic rings. The van der Waals surface area contributed by atoms with Crippen molar-refractivity contribution in [3.05, 3.63) is 35.2 Å². The van der Waals surface area contributed by atoms with Crippen LogP contribution in [0.3, 0.4) is 0 Å². The first-order valence-corrected chi connectivity index (χ1v) is 4.45. The molecule has 0 radical (unpaired) electrons. The van der Waals surface area contributed by atoms with Crippen LogP contribution in [-0.2, 0) is 6.42 Å². The highest BCUT2D eigenvalue weighted by Gasteiger charge is 2.08. The fourth-order valence-electron chi connectivity index (χ4n) is 1.49. The lowest BCUT2D eigenvalue weighted by molar-refractivity contribution is 0.101. The number of carbonyl (C=O) groups excluding carboxylic acids is 1. The number of Topliss-reactive ketones (excluding diaryl/α,β-unsaturated/α-hetero) is 1. The van der Waals surface area contributed by atoms with Crippen molar-refractivity contribution >= 4 is 11.9 Å². The maximum absolute atomic E-state index is 11.0. The number of ketones is 1. The van der Waals surface area contributed by atoms with E-state index >= 15 is 0 Å². The van der Waals surface area contributed by atoms with Gasteiger partial charge in [-0.2, -0.15) is 0 Å². The van der Waals surface area contributed by atoms with E-state index in [1.807, 2.05) is 12.1 Å². The Bertz CT molecular complexity index is 380. The van der Waals surface area contributed by atoms with E-state index in [4.69, 9.17) is 0 Å². The highest BCUT2D eigenvalue weighted by molar-refractivity contribution is 5.92. The van der Waals surface area contributed by atoms with Gasteiger partial charge < -0.3 is 0 Å². The number of hydrogen-bond donors (Lipinski definition) is 0. The van der Waals surface area contributed by atoms with Crippen LogP contribution >= 0.6 is 0 Å². The van der Waals surface area contributed by atoms with Crippen molar-refractivity contribution in [3.8, 4) is 0 Å².